The van der Waals surface area contributed by atoms with Gasteiger partial charge in [-0.05, 0) is 48.5 Å². The van der Waals surface area contributed by atoms with E-state index >= 15 is 0 Å². The van der Waals surface area contributed by atoms with Gasteiger partial charge in [-0.1, -0.05) is 35.0 Å². The molecule has 0 amide bonds. The zero-order chi connectivity index (χ0) is 18.4. The molecule has 3 aromatic rings. The maximum absolute atomic E-state index is 5.86. The minimum absolute atomic E-state index is 0.340. The van der Waals surface area contributed by atoms with E-state index in [2.05, 4.69) is 10.2 Å². The van der Waals surface area contributed by atoms with Crippen LogP contribution >= 0.6 is 35.0 Å². The molecule has 0 saturated heterocycles. The molecule has 2 aromatic carbocycles. The smallest absolute Gasteiger partial charge is 0.191 e. The van der Waals surface area contributed by atoms with Crippen LogP contribution in [0.1, 0.15) is 5.82 Å². The summed E-state index contributed by atoms with van der Waals surface area (Å²) in [5.41, 5.74) is 0. The normalized spacial score (nSPS) is 10.7. The number of thioether (sulfide) groups is 1. The molecule has 1 aromatic heterocycles. The van der Waals surface area contributed by atoms with Crippen molar-refractivity contribution in [2.24, 2.45) is 7.05 Å². The monoisotopic (exact) mass is 409 g/mol. The van der Waals surface area contributed by atoms with Crippen LogP contribution in [0.3, 0.4) is 0 Å². The highest BCUT2D eigenvalue weighted by atomic mass is 35.5. The molecule has 3 rings (SSSR count). The van der Waals surface area contributed by atoms with E-state index in [0.717, 1.165) is 28.2 Å². The lowest BCUT2D eigenvalue weighted by atomic mass is 10.3. The summed E-state index contributed by atoms with van der Waals surface area (Å²) < 4.78 is 13.3. The van der Waals surface area contributed by atoms with Crippen molar-refractivity contribution >= 4 is 35.0 Å². The van der Waals surface area contributed by atoms with Crippen LogP contribution in [-0.4, -0.2) is 27.1 Å². The summed E-state index contributed by atoms with van der Waals surface area (Å²) in [6.07, 6.45) is 0. The fraction of sp³-hybridized carbons (Fsp3) is 0.222. The first-order valence-corrected chi connectivity index (χ1v) is 9.64. The Bertz CT molecular complexity index is 839. The van der Waals surface area contributed by atoms with Crippen molar-refractivity contribution in [3.05, 3.63) is 64.4 Å². The van der Waals surface area contributed by atoms with E-state index in [1.54, 1.807) is 36.0 Å². The van der Waals surface area contributed by atoms with E-state index in [1.165, 1.54) is 0 Å². The van der Waals surface area contributed by atoms with E-state index < -0.39 is 0 Å². The molecular formula is C18H17Cl2N3O2S. The Morgan fingerprint density at radius 2 is 1.46 bits per heavy atom. The molecule has 0 bridgehead atoms. The van der Waals surface area contributed by atoms with Gasteiger partial charge >= 0.3 is 0 Å². The zero-order valence-electron chi connectivity index (χ0n) is 14.1. The van der Waals surface area contributed by atoms with Gasteiger partial charge in [-0.3, -0.25) is 0 Å². The van der Waals surface area contributed by atoms with Gasteiger partial charge in [-0.15, -0.1) is 10.2 Å². The van der Waals surface area contributed by atoms with E-state index in [-0.39, 0.29) is 0 Å². The molecule has 0 aliphatic carbocycles. The van der Waals surface area contributed by atoms with Gasteiger partial charge in [-0.2, -0.15) is 0 Å². The van der Waals surface area contributed by atoms with Gasteiger partial charge in [0.05, 0.1) is 6.61 Å². The van der Waals surface area contributed by atoms with Crippen molar-refractivity contribution < 1.29 is 9.47 Å². The quantitative estimate of drug-likeness (QED) is 0.392. The Morgan fingerprint density at radius 3 is 2.08 bits per heavy atom. The van der Waals surface area contributed by atoms with E-state index in [9.17, 15) is 0 Å². The van der Waals surface area contributed by atoms with Crippen LogP contribution in [0.4, 0.5) is 0 Å². The third-order valence-corrected chi connectivity index (χ3v) is 4.99. The Hall–Kier alpha value is -1.89. The fourth-order valence-corrected chi connectivity index (χ4v) is 3.10. The molecule has 0 unspecified atom stereocenters. The third-order valence-electron chi connectivity index (χ3n) is 3.50. The topological polar surface area (TPSA) is 49.2 Å². The second kappa shape index (κ2) is 9.16. The summed E-state index contributed by atoms with van der Waals surface area (Å²) >= 11 is 13.3. The maximum atomic E-state index is 5.86. The van der Waals surface area contributed by atoms with Crippen molar-refractivity contribution in [1.82, 2.24) is 14.8 Å². The molecule has 136 valence electrons. The summed E-state index contributed by atoms with van der Waals surface area (Å²) in [6.45, 7) is 0.905. The summed E-state index contributed by atoms with van der Waals surface area (Å²) in [7, 11) is 1.92. The predicted molar refractivity (Wildman–Crippen MR) is 104 cm³/mol. The molecule has 8 heteroatoms. The molecule has 0 N–H and O–H groups in total. The molecule has 0 saturated carbocycles. The molecule has 0 spiro atoms. The lowest BCUT2D eigenvalue weighted by Gasteiger charge is -2.07. The minimum atomic E-state index is 0.340. The van der Waals surface area contributed by atoms with Gasteiger partial charge in [0.1, 0.15) is 18.1 Å². The average molecular weight is 410 g/mol. The summed E-state index contributed by atoms with van der Waals surface area (Å²) in [4.78, 5) is 0. The molecule has 0 atom stereocenters. The highest BCUT2D eigenvalue weighted by Crippen LogP contribution is 2.20. The van der Waals surface area contributed by atoms with Crippen molar-refractivity contribution in [3.63, 3.8) is 0 Å². The Kier molecular flexibility index (Phi) is 6.66. The van der Waals surface area contributed by atoms with Crippen LogP contribution in [0.5, 0.6) is 11.5 Å². The largest absolute Gasteiger partial charge is 0.493 e. The number of hydrogen-bond donors (Lipinski definition) is 0. The number of aromatic nitrogens is 3. The summed E-state index contributed by atoms with van der Waals surface area (Å²) in [5, 5.41) is 10.6. The lowest BCUT2D eigenvalue weighted by Crippen LogP contribution is -2.05. The highest BCUT2D eigenvalue weighted by molar-refractivity contribution is 7.99. The van der Waals surface area contributed by atoms with Crippen LogP contribution in [0, 0.1) is 0 Å². The number of halogens is 2. The standard InChI is InChI=1S/C18H17Cl2N3O2S/c1-23-17(12-25-16-8-4-14(20)5-9-16)21-22-18(23)26-11-10-24-15-6-2-13(19)3-7-15/h2-9H,10-12H2,1H3. The average Bonchev–Trinajstić information content (AvgIpc) is 3.00. The molecule has 0 aliphatic heterocycles. The molecule has 1 heterocycles. The third kappa shape index (κ3) is 5.30. The van der Waals surface area contributed by atoms with Crippen LogP contribution < -0.4 is 9.47 Å². The van der Waals surface area contributed by atoms with Crippen molar-refractivity contribution in [2.75, 3.05) is 12.4 Å². The van der Waals surface area contributed by atoms with Gasteiger partial charge in [0.25, 0.3) is 0 Å². The van der Waals surface area contributed by atoms with Gasteiger partial charge in [0, 0.05) is 22.8 Å². The number of benzene rings is 2. The predicted octanol–water partition coefficient (Wildman–Crippen LogP) is 4.87. The molecule has 0 radical (unpaired) electrons. The zero-order valence-corrected chi connectivity index (χ0v) is 16.4. The number of ether oxygens (including phenoxy) is 2. The van der Waals surface area contributed by atoms with Gasteiger partial charge in [-0.25, -0.2) is 0 Å². The van der Waals surface area contributed by atoms with Gasteiger partial charge in [0.2, 0.25) is 0 Å². The Labute approximate surface area is 166 Å². The summed E-state index contributed by atoms with van der Waals surface area (Å²) in [6, 6.07) is 14.5. The first kappa shape index (κ1) is 18.9. The minimum Gasteiger partial charge on any atom is -0.493 e. The van der Waals surface area contributed by atoms with Crippen LogP contribution in [-0.2, 0) is 13.7 Å². The van der Waals surface area contributed by atoms with Gasteiger partial charge in [0.15, 0.2) is 11.0 Å². The number of rotatable bonds is 8. The molecule has 0 fully saturated rings. The van der Waals surface area contributed by atoms with E-state index in [0.29, 0.717) is 23.3 Å². The maximum Gasteiger partial charge on any atom is 0.191 e. The van der Waals surface area contributed by atoms with Crippen molar-refractivity contribution in [3.8, 4) is 11.5 Å². The van der Waals surface area contributed by atoms with Crippen LogP contribution in [0.25, 0.3) is 0 Å². The van der Waals surface area contributed by atoms with E-state index in [1.807, 2.05) is 35.9 Å². The summed E-state index contributed by atoms with van der Waals surface area (Å²) in [5.74, 6) is 3.04. The van der Waals surface area contributed by atoms with Crippen molar-refractivity contribution in [1.29, 1.82) is 0 Å². The first-order valence-electron chi connectivity index (χ1n) is 7.89. The van der Waals surface area contributed by atoms with Crippen LogP contribution in [0.15, 0.2) is 53.7 Å². The molecule has 26 heavy (non-hydrogen) atoms. The Balaban J connectivity index is 1.45. The Morgan fingerprint density at radius 1 is 0.885 bits per heavy atom. The highest BCUT2D eigenvalue weighted by Gasteiger charge is 2.10. The fourth-order valence-electron chi connectivity index (χ4n) is 2.10. The molecular weight excluding hydrogens is 393 g/mol. The number of nitrogens with zero attached hydrogens (tertiary/aromatic N) is 3. The number of hydrogen-bond acceptors (Lipinski definition) is 5. The van der Waals surface area contributed by atoms with Crippen molar-refractivity contribution in [2.45, 2.75) is 11.8 Å². The SMILES string of the molecule is Cn1c(COc2ccc(Cl)cc2)nnc1SCCOc1ccc(Cl)cc1. The van der Waals surface area contributed by atoms with Crippen LogP contribution in [0.2, 0.25) is 10.0 Å². The molecule has 5 nitrogen and oxygen atoms in total. The van der Waals surface area contributed by atoms with Gasteiger partial charge < -0.3 is 14.0 Å². The first-order chi connectivity index (χ1) is 12.6. The van der Waals surface area contributed by atoms with E-state index in [4.69, 9.17) is 32.7 Å². The second-order valence-corrected chi connectivity index (χ2v) is 7.29. The molecule has 0 aliphatic rings. The lowest BCUT2D eigenvalue weighted by molar-refractivity contribution is 0.290. The second-order valence-electron chi connectivity index (χ2n) is 5.35.